The Balaban J connectivity index is 4.15. The van der Waals surface area contributed by atoms with Crippen LogP contribution in [0.25, 0.3) is 0 Å². The Kier molecular flexibility index (Phi) is 9.99. The van der Waals surface area contributed by atoms with Crippen molar-refractivity contribution in [3.8, 4) is 0 Å². The summed E-state index contributed by atoms with van der Waals surface area (Å²) in [6.45, 7) is 12.1. The number of hydrogen-bond acceptors (Lipinski definition) is 3. The second kappa shape index (κ2) is 10.1. The van der Waals surface area contributed by atoms with Crippen LogP contribution in [-0.4, -0.2) is 48.3 Å². The van der Waals surface area contributed by atoms with Gasteiger partial charge in [0.1, 0.15) is 0 Å². The van der Waals surface area contributed by atoms with Crippen LogP contribution in [0.15, 0.2) is 0 Å². The first-order valence-corrected chi connectivity index (χ1v) is 6.77. The molecule has 3 heteroatoms. The lowest BCUT2D eigenvalue weighted by atomic mass is 10.1. The predicted molar refractivity (Wildman–Crippen MR) is 70.8 cm³/mol. The molecule has 0 bridgehead atoms. The third kappa shape index (κ3) is 6.46. The maximum atomic E-state index is 9.30. The third-order valence-electron chi connectivity index (χ3n) is 3.18. The molecule has 0 aromatic heterocycles. The molecule has 16 heavy (non-hydrogen) atoms. The summed E-state index contributed by atoms with van der Waals surface area (Å²) in [6, 6.07) is 0.829. The average Bonchev–Trinajstić information content (AvgIpc) is 2.32. The molecule has 0 aliphatic heterocycles. The molecule has 3 nitrogen and oxygen atoms in total. The van der Waals surface area contributed by atoms with Crippen molar-refractivity contribution in [3.05, 3.63) is 0 Å². The molecule has 2 N–H and O–H groups in total. The van der Waals surface area contributed by atoms with E-state index in [-0.39, 0.29) is 12.6 Å². The number of likely N-dealkylation sites (N-methyl/N-ethyl adjacent to an activating group) is 1. The van der Waals surface area contributed by atoms with Crippen molar-refractivity contribution >= 4 is 0 Å². The number of nitrogens with one attached hydrogen (secondary N) is 1. The first kappa shape index (κ1) is 15.9. The highest BCUT2D eigenvalue weighted by atomic mass is 16.3. The van der Waals surface area contributed by atoms with Crippen LogP contribution >= 0.6 is 0 Å². The molecule has 0 aliphatic rings. The Bertz CT molecular complexity index is 153. The van der Waals surface area contributed by atoms with Crippen LogP contribution in [-0.2, 0) is 0 Å². The van der Waals surface area contributed by atoms with E-state index in [2.05, 4.69) is 37.9 Å². The lowest BCUT2D eigenvalue weighted by Crippen LogP contribution is -2.46. The third-order valence-corrected chi connectivity index (χ3v) is 3.18. The van der Waals surface area contributed by atoms with Crippen molar-refractivity contribution in [2.75, 3.05) is 26.2 Å². The molecule has 0 aromatic carbocycles. The van der Waals surface area contributed by atoms with Crippen molar-refractivity contribution in [2.24, 2.45) is 0 Å². The number of rotatable bonds is 10. The lowest BCUT2D eigenvalue weighted by molar-refractivity contribution is 0.147. The van der Waals surface area contributed by atoms with Crippen molar-refractivity contribution in [1.29, 1.82) is 0 Å². The molecule has 0 radical (unpaired) electrons. The van der Waals surface area contributed by atoms with Crippen LogP contribution in [0.2, 0.25) is 0 Å². The van der Waals surface area contributed by atoms with Crippen LogP contribution in [0.1, 0.15) is 47.0 Å². The molecule has 0 saturated carbocycles. The van der Waals surface area contributed by atoms with Crippen LogP contribution in [0.5, 0.6) is 0 Å². The maximum Gasteiger partial charge on any atom is 0.0597 e. The minimum absolute atomic E-state index is 0.218. The topological polar surface area (TPSA) is 35.5 Å². The van der Waals surface area contributed by atoms with E-state index >= 15 is 0 Å². The van der Waals surface area contributed by atoms with Gasteiger partial charge in [0, 0.05) is 18.6 Å². The highest BCUT2D eigenvalue weighted by Crippen LogP contribution is 2.06. The van der Waals surface area contributed by atoms with E-state index in [9.17, 15) is 5.11 Å². The summed E-state index contributed by atoms with van der Waals surface area (Å²) < 4.78 is 0. The maximum absolute atomic E-state index is 9.30. The smallest absolute Gasteiger partial charge is 0.0597 e. The Morgan fingerprint density at radius 3 is 2.38 bits per heavy atom. The largest absolute Gasteiger partial charge is 0.395 e. The molecule has 0 heterocycles. The highest BCUT2D eigenvalue weighted by Gasteiger charge is 2.16. The van der Waals surface area contributed by atoms with Crippen molar-refractivity contribution in [3.63, 3.8) is 0 Å². The molecule has 2 atom stereocenters. The molecule has 2 unspecified atom stereocenters. The van der Waals surface area contributed by atoms with E-state index < -0.39 is 0 Å². The van der Waals surface area contributed by atoms with E-state index in [1.54, 1.807) is 0 Å². The van der Waals surface area contributed by atoms with Crippen LogP contribution in [0.4, 0.5) is 0 Å². The number of unbranched alkanes of at least 4 members (excludes halogenated alkanes) is 1. The molecule has 0 aromatic rings. The summed E-state index contributed by atoms with van der Waals surface area (Å²) in [7, 11) is 0. The fourth-order valence-corrected chi connectivity index (χ4v) is 1.87. The summed E-state index contributed by atoms with van der Waals surface area (Å²) in [5, 5.41) is 12.6. The van der Waals surface area contributed by atoms with Gasteiger partial charge in [-0.2, -0.15) is 0 Å². The van der Waals surface area contributed by atoms with Crippen LogP contribution in [0.3, 0.4) is 0 Å². The summed E-state index contributed by atoms with van der Waals surface area (Å²) in [4.78, 5) is 2.49. The van der Waals surface area contributed by atoms with E-state index in [0.29, 0.717) is 6.04 Å². The van der Waals surface area contributed by atoms with Gasteiger partial charge in [-0.1, -0.05) is 27.2 Å². The van der Waals surface area contributed by atoms with Crippen molar-refractivity contribution < 1.29 is 5.11 Å². The second-order valence-corrected chi connectivity index (χ2v) is 4.54. The Morgan fingerprint density at radius 2 is 1.94 bits per heavy atom. The summed E-state index contributed by atoms with van der Waals surface area (Å²) in [6.07, 6.45) is 3.65. The average molecular weight is 230 g/mol. The van der Waals surface area contributed by atoms with E-state index in [1.165, 1.54) is 19.3 Å². The molecule has 98 valence electrons. The van der Waals surface area contributed by atoms with Gasteiger partial charge in [-0.3, -0.25) is 4.90 Å². The molecule has 0 aliphatic carbocycles. The first-order chi connectivity index (χ1) is 7.69. The predicted octanol–water partition coefficient (Wildman–Crippen LogP) is 1.86. The van der Waals surface area contributed by atoms with Gasteiger partial charge in [-0.15, -0.1) is 0 Å². The standard InChI is InChI=1S/C13H30N2O/c1-5-8-9-15(12(4)6-2)10-13(11-16)14-7-3/h12-14,16H,5-11H2,1-4H3. The van der Waals surface area contributed by atoms with Gasteiger partial charge in [-0.25, -0.2) is 0 Å². The van der Waals surface area contributed by atoms with E-state index in [4.69, 9.17) is 0 Å². The fraction of sp³-hybridized carbons (Fsp3) is 1.00. The SMILES string of the molecule is CCCCN(CC(CO)NCC)C(C)CC. The fourth-order valence-electron chi connectivity index (χ4n) is 1.87. The van der Waals surface area contributed by atoms with Crippen LogP contribution < -0.4 is 5.32 Å². The zero-order valence-corrected chi connectivity index (χ0v) is 11.5. The highest BCUT2D eigenvalue weighted by molar-refractivity contribution is 4.74. The second-order valence-electron chi connectivity index (χ2n) is 4.54. The molecule has 0 fully saturated rings. The minimum atomic E-state index is 0.218. The Labute approximate surface area is 101 Å². The zero-order valence-electron chi connectivity index (χ0n) is 11.5. The zero-order chi connectivity index (χ0) is 12.4. The van der Waals surface area contributed by atoms with Crippen molar-refractivity contribution in [2.45, 2.75) is 59.0 Å². The Morgan fingerprint density at radius 1 is 1.25 bits per heavy atom. The number of aliphatic hydroxyl groups is 1. The molecule has 0 saturated heterocycles. The molecular weight excluding hydrogens is 200 g/mol. The van der Waals surface area contributed by atoms with Crippen LogP contribution in [0, 0.1) is 0 Å². The quantitative estimate of drug-likeness (QED) is 0.601. The van der Waals surface area contributed by atoms with Gasteiger partial charge >= 0.3 is 0 Å². The minimum Gasteiger partial charge on any atom is -0.395 e. The van der Waals surface area contributed by atoms with E-state index in [1.807, 2.05) is 0 Å². The number of nitrogens with zero attached hydrogens (tertiary/aromatic N) is 1. The lowest BCUT2D eigenvalue weighted by Gasteiger charge is -2.31. The summed E-state index contributed by atoms with van der Waals surface area (Å²) in [5.74, 6) is 0. The molecule has 0 rings (SSSR count). The van der Waals surface area contributed by atoms with E-state index in [0.717, 1.165) is 19.6 Å². The number of hydrogen-bond donors (Lipinski definition) is 2. The molecule has 0 amide bonds. The normalized spacial score (nSPS) is 15.4. The first-order valence-electron chi connectivity index (χ1n) is 6.77. The monoisotopic (exact) mass is 230 g/mol. The summed E-state index contributed by atoms with van der Waals surface area (Å²) in [5.41, 5.74) is 0. The summed E-state index contributed by atoms with van der Waals surface area (Å²) >= 11 is 0. The van der Waals surface area contributed by atoms with Gasteiger partial charge in [0.2, 0.25) is 0 Å². The van der Waals surface area contributed by atoms with Gasteiger partial charge in [0.15, 0.2) is 0 Å². The number of aliphatic hydroxyl groups excluding tert-OH is 1. The van der Waals surface area contributed by atoms with Gasteiger partial charge in [0.25, 0.3) is 0 Å². The molecular formula is C13H30N2O. The van der Waals surface area contributed by atoms with Gasteiger partial charge in [0.05, 0.1) is 6.61 Å². The van der Waals surface area contributed by atoms with Gasteiger partial charge < -0.3 is 10.4 Å². The molecule has 0 spiro atoms. The Hall–Kier alpha value is -0.120. The van der Waals surface area contributed by atoms with Gasteiger partial charge in [-0.05, 0) is 32.9 Å². The van der Waals surface area contributed by atoms with Crippen molar-refractivity contribution in [1.82, 2.24) is 10.2 Å².